The van der Waals surface area contributed by atoms with Crippen LogP contribution < -0.4 is 5.32 Å². The third-order valence-electron chi connectivity index (χ3n) is 4.00. The predicted octanol–water partition coefficient (Wildman–Crippen LogP) is 2.24. The number of ether oxygens (including phenoxy) is 1. The van der Waals surface area contributed by atoms with Crippen molar-refractivity contribution in [2.24, 2.45) is 0 Å². The molecule has 6 nitrogen and oxygen atoms in total. The third-order valence-corrected chi connectivity index (χ3v) is 4.00. The van der Waals surface area contributed by atoms with Crippen LogP contribution in [0.5, 0.6) is 0 Å². The lowest BCUT2D eigenvalue weighted by molar-refractivity contribution is -0.142. The molecule has 1 aliphatic rings. The number of carboxylic acid groups (broad SMARTS) is 1. The minimum absolute atomic E-state index is 0.265. The Hall–Kier alpha value is -2.08. The second-order valence-electron chi connectivity index (χ2n) is 5.73. The Morgan fingerprint density at radius 1 is 1.26 bits per heavy atom. The first-order chi connectivity index (χ1) is 11.2. The fraction of sp³-hybridized carbons (Fsp3) is 0.529. The van der Waals surface area contributed by atoms with Gasteiger partial charge in [0.2, 0.25) is 0 Å². The third kappa shape index (κ3) is 5.90. The van der Waals surface area contributed by atoms with Crippen LogP contribution in [0, 0.1) is 0 Å². The summed E-state index contributed by atoms with van der Waals surface area (Å²) in [6.07, 6.45) is 2.94. The number of nitrogens with one attached hydrogen (secondary N) is 1. The Labute approximate surface area is 136 Å². The number of carbonyl (C=O) groups excluding carboxylic acids is 1. The fourth-order valence-electron chi connectivity index (χ4n) is 2.78. The average molecular weight is 320 g/mol. The van der Waals surface area contributed by atoms with Gasteiger partial charge in [-0.3, -0.25) is 9.69 Å². The highest BCUT2D eigenvalue weighted by Crippen LogP contribution is 2.17. The van der Waals surface area contributed by atoms with Crippen LogP contribution in [0.25, 0.3) is 0 Å². The molecule has 0 aromatic heterocycles. The summed E-state index contributed by atoms with van der Waals surface area (Å²) in [6, 6.07) is 9.20. The number of carboxylic acids is 1. The fourth-order valence-corrected chi connectivity index (χ4v) is 2.78. The molecular formula is C17H24N2O4. The molecule has 0 aliphatic carbocycles. The van der Waals surface area contributed by atoms with Crippen LogP contribution in [-0.4, -0.2) is 47.7 Å². The second kappa shape index (κ2) is 9.15. The van der Waals surface area contributed by atoms with E-state index in [-0.39, 0.29) is 12.6 Å². The standard InChI is InChI=1S/C17H24N2O4/c20-16(21)15-9-6-12-19(15)11-5-4-10-18-17(22)23-13-14-7-2-1-3-8-14/h1-3,7-8,15H,4-6,9-13H2,(H,18,22)(H,20,21)/t15-/m0/s1. The van der Waals surface area contributed by atoms with Gasteiger partial charge in [-0.05, 0) is 44.3 Å². The molecule has 1 aromatic rings. The molecule has 1 atom stereocenters. The van der Waals surface area contributed by atoms with Crippen molar-refractivity contribution in [2.75, 3.05) is 19.6 Å². The molecule has 6 heteroatoms. The number of rotatable bonds is 8. The topological polar surface area (TPSA) is 78.9 Å². The van der Waals surface area contributed by atoms with Crippen molar-refractivity contribution in [1.82, 2.24) is 10.2 Å². The normalized spacial score (nSPS) is 17.8. The van der Waals surface area contributed by atoms with Gasteiger partial charge in [0.05, 0.1) is 0 Å². The van der Waals surface area contributed by atoms with Crippen LogP contribution in [0.2, 0.25) is 0 Å². The van der Waals surface area contributed by atoms with Crippen molar-refractivity contribution in [2.45, 2.75) is 38.3 Å². The van der Waals surface area contributed by atoms with Crippen LogP contribution in [0.3, 0.4) is 0 Å². The van der Waals surface area contributed by atoms with Crippen LogP contribution in [0.15, 0.2) is 30.3 Å². The summed E-state index contributed by atoms with van der Waals surface area (Å²) < 4.78 is 5.12. The number of alkyl carbamates (subject to hydrolysis) is 1. The molecule has 0 unspecified atom stereocenters. The van der Waals surface area contributed by atoms with Gasteiger partial charge in [-0.25, -0.2) is 4.79 Å². The summed E-state index contributed by atoms with van der Waals surface area (Å²) in [5, 5.41) is 11.8. The zero-order valence-corrected chi connectivity index (χ0v) is 13.2. The SMILES string of the molecule is O=C(NCCCCN1CCC[C@H]1C(=O)O)OCc1ccccc1. The van der Waals surface area contributed by atoms with E-state index >= 15 is 0 Å². The zero-order chi connectivity index (χ0) is 16.5. The Balaban J connectivity index is 1.53. The van der Waals surface area contributed by atoms with Gasteiger partial charge in [-0.2, -0.15) is 0 Å². The highest BCUT2D eigenvalue weighted by Gasteiger charge is 2.29. The summed E-state index contributed by atoms with van der Waals surface area (Å²) in [7, 11) is 0. The Bertz CT molecular complexity index is 507. The molecule has 2 N–H and O–H groups in total. The van der Waals surface area contributed by atoms with E-state index < -0.39 is 12.1 Å². The molecule has 126 valence electrons. The molecular weight excluding hydrogens is 296 g/mol. The maximum atomic E-state index is 11.6. The number of benzene rings is 1. The maximum Gasteiger partial charge on any atom is 0.407 e. The molecule has 1 amide bonds. The van der Waals surface area contributed by atoms with Crippen LogP contribution >= 0.6 is 0 Å². The summed E-state index contributed by atoms with van der Waals surface area (Å²) >= 11 is 0. The van der Waals surface area contributed by atoms with Gasteiger partial charge in [-0.15, -0.1) is 0 Å². The molecule has 0 bridgehead atoms. The number of hydrogen-bond acceptors (Lipinski definition) is 4. The van der Waals surface area contributed by atoms with Crippen LogP contribution in [-0.2, 0) is 16.1 Å². The predicted molar refractivity (Wildman–Crippen MR) is 86.1 cm³/mol. The summed E-state index contributed by atoms with van der Waals surface area (Å²) in [6.45, 7) is 2.42. The van der Waals surface area contributed by atoms with Gasteiger partial charge in [0.15, 0.2) is 0 Å². The van der Waals surface area contributed by atoms with Gasteiger partial charge in [-0.1, -0.05) is 30.3 Å². The molecule has 2 rings (SSSR count). The minimum Gasteiger partial charge on any atom is -0.480 e. The molecule has 1 heterocycles. The molecule has 1 aromatic carbocycles. The number of likely N-dealkylation sites (tertiary alicyclic amines) is 1. The molecule has 1 aliphatic heterocycles. The summed E-state index contributed by atoms with van der Waals surface area (Å²) in [4.78, 5) is 24.6. The maximum absolute atomic E-state index is 11.6. The lowest BCUT2D eigenvalue weighted by Gasteiger charge is -2.20. The number of nitrogens with zero attached hydrogens (tertiary/aromatic N) is 1. The summed E-state index contributed by atoms with van der Waals surface area (Å²) in [5.41, 5.74) is 0.955. The highest BCUT2D eigenvalue weighted by atomic mass is 16.5. The first-order valence-corrected chi connectivity index (χ1v) is 8.08. The smallest absolute Gasteiger partial charge is 0.407 e. The molecule has 0 spiro atoms. The molecule has 1 fully saturated rings. The molecule has 23 heavy (non-hydrogen) atoms. The number of amides is 1. The van der Waals surface area contributed by atoms with E-state index in [9.17, 15) is 9.59 Å². The number of unbranched alkanes of at least 4 members (excludes halogenated alkanes) is 1. The summed E-state index contributed by atoms with van der Waals surface area (Å²) in [5.74, 6) is -0.731. The van der Waals surface area contributed by atoms with Crippen molar-refractivity contribution in [3.05, 3.63) is 35.9 Å². The van der Waals surface area contributed by atoms with E-state index in [1.165, 1.54) is 0 Å². The van der Waals surface area contributed by atoms with Gasteiger partial charge in [0, 0.05) is 6.54 Å². The van der Waals surface area contributed by atoms with Crippen molar-refractivity contribution < 1.29 is 19.4 Å². The van der Waals surface area contributed by atoms with Gasteiger partial charge in [0.1, 0.15) is 12.6 Å². The van der Waals surface area contributed by atoms with E-state index in [0.717, 1.165) is 44.3 Å². The number of hydrogen-bond donors (Lipinski definition) is 2. The van der Waals surface area contributed by atoms with E-state index in [4.69, 9.17) is 9.84 Å². The quantitative estimate of drug-likeness (QED) is 0.718. The second-order valence-corrected chi connectivity index (χ2v) is 5.73. The lowest BCUT2D eigenvalue weighted by Crippen LogP contribution is -2.36. The monoisotopic (exact) mass is 320 g/mol. The number of carbonyl (C=O) groups is 2. The Morgan fingerprint density at radius 3 is 2.78 bits per heavy atom. The first-order valence-electron chi connectivity index (χ1n) is 8.08. The van der Waals surface area contributed by atoms with Crippen molar-refractivity contribution in [3.63, 3.8) is 0 Å². The van der Waals surface area contributed by atoms with Gasteiger partial charge in [0.25, 0.3) is 0 Å². The van der Waals surface area contributed by atoms with Crippen molar-refractivity contribution >= 4 is 12.1 Å². The van der Waals surface area contributed by atoms with Crippen LogP contribution in [0.4, 0.5) is 4.79 Å². The molecule has 1 saturated heterocycles. The van der Waals surface area contributed by atoms with Crippen molar-refractivity contribution in [1.29, 1.82) is 0 Å². The van der Waals surface area contributed by atoms with Gasteiger partial charge >= 0.3 is 12.1 Å². The lowest BCUT2D eigenvalue weighted by atomic mass is 10.2. The average Bonchev–Trinajstić information content (AvgIpc) is 3.02. The van der Waals surface area contributed by atoms with Crippen molar-refractivity contribution in [3.8, 4) is 0 Å². The Morgan fingerprint density at radius 2 is 2.04 bits per heavy atom. The minimum atomic E-state index is -0.731. The zero-order valence-electron chi connectivity index (χ0n) is 13.2. The largest absolute Gasteiger partial charge is 0.480 e. The highest BCUT2D eigenvalue weighted by molar-refractivity contribution is 5.73. The van der Waals surface area contributed by atoms with E-state index in [1.807, 2.05) is 35.2 Å². The number of aliphatic carboxylic acids is 1. The van der Waals surface area contributed by atoms with Gasteiger partial charge < -0.3 is 15.2 Å². The van der Waals surface area contributed by atoms with E-state index in [0.29, 0.717) is 6.54 Å². The Kier molecular flexibility index (Phi) is 6.87. The molecule has 0 saturated carbocycles. The van der Waals surface area contributed by atoms with E-state index in [2.05, 4.69) is 5.32 Å². The first kappa shape index (κ1) is 17.3. The molecule has 0 radical (unpaired) electrons. The van der Waals surface area contributed by atoms with E-state index in [1.54, 1.807) is 0 Å². The van der Waals surface area contributed by atoms with Crippen LogP contribution in [0.1, 0.15) is 31.2 Å².